The Balaban J connectivity index is 2.15. The molecular weight excluding hydrogens is 306 g/mol. The van der Waals surface area contributed by atoms with Crippen LogP contribution in [0.1, 0.15) is 17.3 Å². The van der Waals surface area contributed by atoms with Crippen molar-refractivity contribution in [1.82, 2.24) is 15.5 Å². The second kappa shape index (κ2) is 6.77. The predicted octanol–water partition coefficient (Wildman–Crippen LogP) is 2.09. The van der Waals surface area contributed by atoms with Gasteiger partial charge in [-0.2, -0.15) is 0 Å². The van der Waals surface area contributed by atoms with E-state index >= 15 is 0 Å². The molecule has 0 bridgehead atoms. The number of nitrogens with two attached hydrogens (primary N) is 1. The van der Waals surface area contributed by atoms with Gasteiger partial charge in [-0.1, -0.05) is 23.1 Å². The van der Waals surface area contributed by atoms with Crippen LogP contribution in [0.25, 0.3) is 0 Å². The Morgan fingerprint density at radius 3 is 2.76 bits per heavy atom. The van der Waals surface area contributed by atoms with Gasteiger partial charge in [-0.3, -0.25) is 4.79 Å². The Morgan fingerprint density at radius 1 is 1.43 bits per heavy atom. The van der Waals surface area contributed by atoms with E-state index in [1.54, 1.807) is 12.1 Å². The Labute approximate surface area is 131 Å². The highest BCUT2D eigenvalue weighted by Crippen LogP contribution is 2.35. The first-order valence-electron chi connectivity index (χ1n) is 6.37. The third-order valence-electron chi connectivity index (χ3n) is 2.58. The summed E-state index contributed by atoms with van der Waals surface area (Å²) in [5.41, 5.74) is 7.14. The molecule has 2 rings (SSSR count). The first-order valence-corrected chi connectivity index (χ1v) is 8.01. The van der Waals surface area contributed by atoms with Gasteiger partial charge in [-0.15, -0.1) is 10.2 Å². The van der Waals surface area contributed by atoms with E-state index < -0.39 is 0 Å². The van der Waals surface area contributed by atoms with Crippen molar-refractivity contribution in [3.63, 3.8) is 0 Å². The summed E-state index contributed by atoms with van der Waals surface area (Å²) in [6.07, 6.45) is 0. The summed E-state index contributed by atoms with van der Waals surface area (Å²) in [7, 11) is 3.84. The van der Waals surface area contributed by atoms with Crippen LogP contribution in [0, 0.1) is 0 Å². The van der Waals surface area contributed by atoms with Gasteiger partial charge < -0.3 is 16.0 Å². The number of carbonyl (C=O) groups excluding carboxylic acids is 1. The van der Waals surface area contributed by atoms with E-state index in [1.807, 2.05) is 32.0 Å². The number of rotatable bonds is 5. The third-order valence-corrected chi connectivity index (χ3v) is 4.82. The van der Waals surface area contributed by atoms with Gasteiger partial charge in [0.1, 0.15) is 0 Å². The molecule has 0 aliphatic rings. The summed E-state index contributed by atoms with van der Waals surface area (Å²) in [6, 6.07) is 5.28. The van der Waals surface area contributed by atoms with Gasteiger partial charge in [0.25, 0.3) is 5.91 Å². The van der Waals surface area contributed by atoms with Gasteiger partial charge in [0.15, 0.2) is 4.34 Å². The Bertz CT molecular complexity index is 641. The largest absolute Gasteiger partial charge is 0.398 e. The van der Waals surface area contributed by atoms with Crippen molar-refractivity contribution in [1.29, 1.82) is 0 Å². The zero-order chi connectivity index (χ0) is 15.4. The zero-order valence-corrected chi connectivity index (χ0v) is 13.7. The second-order valence-electron chi connectivity index (χ2n) is 4.46. The molecule has 2 aromatic rings. The average molecular weight is 323 g/mol. The molecular formula is C13H17N5OS2. The third kappa shape index (κ3) is 3.85. The highest BCUT2D eigenvalue weighted by molar-refractivity contribution is 8.01. The molecule has 3 N–H and O–H groups in total. The van der Waals surface area contributed by atoms with E-state index in [4.69, 9.17) is 5.73 Å². The van der Waals surface area contributed by atoms with Crippen molar-refractivity contribution in [2.75, 3.05) is 31.3 Å². The fraction of sp³-hybridized carbons (Fsp3) is 0.308. The quantitative estimate of drug-likeness (QED) is 0.820. The van der Waals surface area contributed by atoms with Crippen LogP contribution in [0.15, 0.2) is 27.4 Å². The minimum Gasteiger partial charge on any atom is -0.398 e. The lowest BCUT2D eigenvalue weighted by atomic mass is 10.2. The van der Waals surface area contributed by atoms with E-state index in [-0.39, 0.29) is 5.91 Å². The maximum absolute atomic E-state index is 11.7. The summed E-state index contributed by atoms with van der Waals surface area (Å²) in [6.45, 7) is 2.47. The van der Waals surface area contributed by atoms with Crippen molar-refractivity contribution in [3.05, 3.63) is 23.8 Å². The lowest BCUT2D eigenvalue weighted by Crippen LogP contribution is -2.22. The molecule has 0 saturated carbocycles. The highest BCUT2D eigenvalue weighted by Gasteiger charge is 2.11. The SMILES string of the molecule is CCNC(=O)c1ccc(Sc2nnc(N(C)C)s2)c(N)c1. The molecule has 0 saturated heterocycles. The average Bonchev–Trinajstić information content (AvgIpc) is 2.90. The standard InChI is InChI=1S/C13H17N5OS2/c1-4-15-11(19)8-5-6-10(9(14)7-8)20-13-17-16-12(21-13)18(2)3/h5-7H,4,14H2,1-3H3,(H,15,19). The Hall–Kier alpha value is -1.80. The number of benzene rings is 1. The molecule has 0 radical (unpaired) electrons. The van der Waals surface area contributed by atoms with Crippen LogP contribution in [-0.4, -0.2) is 36.7 Å². The van der Waals surface area contributed by atoms with E-state index in [0.29, 0.717) is 17.8 Å². The molecule has 1 amide bonds. The van der Waals surface area contributed by atoms with Gasteiger partial charge in [0, 0.05) is 36.8 Å². The summed E-state index contributed by atoms with van der Waals surface area (Å²) in [5, 5.41) is 11.8. The van der Waals surface area contributed by atoms with Crippen molar-refractivity contribution >= 4 is 39.8 Å². The normalized spacial score (nSPS) is 10.4. The van der Waals surface area contributed by atoms with Crippen LogP contribution in [0.4, 0.5) is 10.8 Å². The highest BCUT2D eigenvalue weighted by atomic mass is 32.2. The van der Waals surface area contributed by atoms with Crippen LogP contribution in [0.5, 0.6) is 0 Å². The van der Waals surface area contributed by atoms with E-state index in [1.165, 1.54) is 23.1 Å². The van der Waals surface area contributed by atoms with Crippen molar-refractivity contribution in [2.24, 2.45) is 0 Å². The van der Waals surface area contributed by atoms with Gasteiger partial charge in [0.05, 0.1) is 0 Å². The number of nitrogens with zero attached hydrogens (tertiary/aromatic N) is 3. The molecule has 0 atom stereocenters. The lowest BCUT2D eigenvalue weighted by Gasteiger charge is -2.07. The zero-order valence-electron chi connectivity index (χ0n) is 12.1. The van der Waals surface area contributed by atoms with Gasteiger partial charge in [0.2, 0.25) is 5.13 Å². The van der Waals surface area contributed by atoms with E-state index in [2.05, 4.69) is 15.5 Å². The molecule has 0 spiro atoms. The fourth-order valence-corrected chi connectivity index (χ4v) is 3.31. The maximum atomic E-state index is 11.7. The second-order valence-corrected chi connectivity index (χ2v) is 6.70. The van der Waals surface area contributed by atoms with Crippen LogP contribution in [0.3, 0.4) is 0 Å². The molecule has 0 aliphatic carbocycles. The number of nitrogen functional groups attached to an aromatic ring is 1. The monoisotopic (exact) mass is 323 g/mol. The molecule has 1 aromatic heterocycles. The topological polar surface area (TPSA) is 84.1 Å². The van der Waals surface area contributed by atoms with Gasteiger partial charge >= 0.3 is 0 Å². The van der Waals surface area contributed by atoms with Gasteiger partial charge in [-0.25, -0.2) is 0 Å². The molecule has 8 heteroatoms. The molecule has 112 valence electrons. The van der Waals surface area contributed by atoms with Crippen LogP contribution < -0.4 is 16.0 Å². The first-order chi connectivity index (χ1) is 10.0. The molecule has 21 heavy (non-hydrogen) atoms. The Kier molecular flexibility index (Phi) is 5.03. The number of aromatic nitrogens is 2. The molecule has 0 fully saturated rings. The molecule has 0 unspecified atom stereocenters. The number of carbonyl (C=O) groups is 1. The number of hydrogen-bond acceptors (Lipinski definition) is 7. The number of nitrogens with one attached hydrogen (secondary N) is 1. The smallest absolute Gasteiger partial charge is 0.251 e. The van der Waals surface area contributed by atoms with Crippen molar-refractivity contribution in [2.45, 2.75) is 16.2 Å². The minimum absolute atomic E-state index is 0.119. The lowest BCUT2D eigenvalue weighted by molar-refractivity contribution is 0.0956. The Morgan fingerprint density at radius 2 is 2.19 bits per heavy atom. The molecule has 6 nitrogen and oxygen atoms in total. The fourth-order valence-electron chi connectivity index (χ4n) is 1.56. The van der Waals surface area contributed by atoms with Crippen LogP contribution >= 0.6 is 23.1 Å². The van der Waals surface area contributed by atoms with Crippen LogP contribution in [-0.2, 0) is 0 Å². The van der Waals surface area contributed by atoms with Crippen molar-refractivity contribution < 1.29 is 4.79 Å². The molecule has 1 heterocycles. The van der Waals surface area contributed by atoms with Crippen LogP contribution in [0.2, 0.25) is 0 Å². The summed E-state index contributed by atoms with van der Waals surface area (Å²) in [4.78, 5) is 14.5. The summed E-state index contributed by atoms with van der Waals surface area (Å²) >= 11 is 2.94. The molecule has 0 aliphatic heterocycles. The molecule has 1 aromatic carbocycles. The minimum atomic E-state index is -0.119. The van der Waals surface area contributed by atoms with Gasteiger partial charge in [-0.05, 0) is 25.1 Å². The first kappa shape index (κ1) is 15.6. The maximum Gasteiger partial charge on any atom is 0.251 e. The van der Waals surface area contributed by atoms with E-state index in [0.717, 1.165) is 14.4 Å². The summed E-state index contributed by atoms with van der Waals surface area (Å²) < 4.78 is 0.816. The van der Waals surface area contributed by atoms with Crippen molar-refractivity contribution in [3.8, 4) is 0 Å². The summed E-state index contributed by atoms with van der Waals surface area (Å²) in [5.74, 6) is -0.119. The number of hydrogen-bond donors (Lipinski definition) is 2. The number of anilines is 2. The number of amides is 1. The predicted molar refractivity (Wildman–Crippen MR) is 87.2 cm³/mol. The van der Waals surface area contributed by atoms with E-state index in [9.17, 15) is 4.79 Å².